The van der Waals surface area contributed by atoms with Gasteiger partial charge in [0, 0.05) is 11.9 Å². The molecule has 0 N–H and O–H groups in total. The van der Waals surface area contributed by atoms with Gasteiger partial charge in [0.1, 0.15) is 11.5 Å². The van der Waals surface area contributed by atoms with Gasteiger partial charge in [-0.25, -0.2) is 4.68 Å². The fourth-order valence-electron chi connectivity index (χ4n) is 2.52. The van der Waals surface area contributed by atoms with Crippen molar-refractivity contribution in [3.8, 4) is 11.5 Å². The van der Waals surface area contributed by atoms with Crippen LogP contribution in [0, 0.1) is 0 Å². The van der Waals surface area contributed by atoms with E-state index in [0.717, 1.165) is 22.7 Å². The Hall–Kier alpha value is -3.12. The molecule has 1 aromatic carbocycles. The molecule has 3 aromatic heterocycles. The van der Waals surface area contributed by atoms with Gasteiger partial charge in [-0.1, -0.05) is 30.3 Å². The number of furan rings is 2. The molecule has 0 saturated carbocycles. The Morgan fingerprint density at radius 1 is 0.962 bits per heavy atom. The molecule has 0 spiro atoms. The molecule has 0 radical (unpaired) electrons. The zero-order chi connectivity index (χ0) is 17.6. The lowest BCUT2D eigenvalue weighted by atomic mass is 10.2. The van der Waals surface area contributed by atoms with E-state index in [2.05, 4.69) is 17.2 Å². The first kappa shape index (κ1) is 16.4. The molecule has 130 valence electrons. The number of rotatable bonds is 6. The van der Waals surface area contributed by atoms with Gasteiger partial charge < -0.3 is 8.83 Å². The van der Waals surface area contributed by atoms with Gasteiger partial charge >= 0.3 is 0 Å². The number of benzene rings is 1. The molecule has 3 heterocycles. The van der Waals surface area contributed by atoms with Crippen LogP contribution in [0.4, 0.5) is 0 Å². The number of nitrogens with zero attached hydrogens (tertiary/aromatic N) is 3. The van der Waals surface area contributed by atoms with Crippen LogP contribution < -0.4 is 4.80 Å². The average molecular weight is 363 g/mol. The fraction of sp³-hybridized carbons (Fsp3) is 0.100. The third-order valence-corrected chi connectivity index (χ3v) is 4.65. The lowest BCUT2D eigenvalue weighted by molar-refractivity contribution is 0.558. The molecule has 0 atom stereocenters. The summed E-state index contributed by atoms with van der Waals surface area (Å²) in [6, 6.07) is 17.8. The predicted octanol–water partition coefficient (Wildman–Crippen LogP) is 4.43. The molecule has 0 saturated heterocycles. The third kappa shape index (κ3) is 3.75. The van der Waals surface area contributed by atoms with Crippen LogP contribution in [0.5, 0.6) is 0 Å². The Morgan fingerprint density at radius 2 is 1.81 bits per heavy atom. The molecular weight excluding hydrogens is 346 g/mol. The summed E-state index contributed by atoms with van der Waals surface area (Å²) in [4.78, 5) is 5.54. The predicted molar refractivity (Wildman–Crippen MR) is 102 cm³/mol. The van der Waals surface area contributed by atoms with Crippen molar-refractivity contribution in [2.75, 3.05) is 6.54 Å². The summed E-state index contributed by atoms with van der Waals surface area (Å²) in [5.41, 5.74) is 2.13. The number of hydrogen-bond donors (Lipinski definition) is 0. The van der Waals surface area contributed by atoms with Crippen molar-refractivity contribution in [2.24, 2.45) is 10.1 Å². The average Bonchev–Trinajstić information content (AvgIpc) is 3.42. The first-order chi connectivity index (χ1) is 12.9. The van der Waals surface area contributed by atoms with Crippen LogP contribution in [0.25, 0.3) is 11.5 Å². The fourth-order valence-corrected chi connectivity index (χ4v) is 3.36. The Labute approximate surface area is 154 Å². The lowest BCUT2D eigenvalue weighted by Gasteiger charge is -2.00. The summed E-state index contributed by atoms with van der Waals surface area (Å²) in [7, 11) is 0. The summed E-state index contributed by atoms with van der Waals surface area (Å²) in [6.45, 7) is 0.693. The standard InChI is InChI=1S/C20H17N3O2S/c1-2-6-16(7-3-1)10-11-21-20-23(22-14-17-8-4-12-24-17)18(15-26-20)19-9-5-13-25-19/h1-9,12-15H,10-11H2/b21-20?,22-14+. The SMILES string of the molecule is C(=N\n1c(-c2ccco2)csc1=NCCc1ccccc1)/c1ccco1. The second-order valence-electron chi connectivity index (χ2n) is 5.57. The Balaban J connectivity index is 1.64. The molecule has 0 aliphatic rings. The van der Waals surface area contributed by atoms with Crippen LogP contribution in [-0.2, 0) is 6.42 Å². The second kappa shape index (κ2) is 7.84. The van der Waals surface area contributed by atoms with Crippen LogP contribution in [0.1, 0.15) is 11.3 Å². The smallest absolute Gasteiger partial charge is 0.206 e. The minimum absolute atomic E-state index is 0.685. The van der Waals surface area contributed by atoms with Crippen LogP contribution in [0.15, 0.2) is 91.4 Å². The number of thiazole rings is 1. The Bertz CT molecular complexity index is 1030. The maximum absolute atomic E-state index is 5.53. The molecule has 0 unspecified atom stereocenters. The van der Waals surface area contributed by atoms with Crippen LogP contribution >= 0.6 is 11.3 Å². The van der Waals surface area contributed by atoms with Gasteiger partial charge in [0.2, 0.25) is 4.80 Å². The van der Waals surface area contributed by atoms with E-state index in [1.54, 1.807) is 23.4 Å². The van der Waals surface area contributed by atoms with E-state index in [1.807, 2.05) is 47.8 Å². The molecular formula is C20H17N3O2S. The summed E-state index contributed by atoms with van der Waals surface area (Å²) >= 11 is 1.54. The molecule has 0 aliphatic heterocycles. The van der Waals surface area contributed by atoms with E-state index in [4.69, 9.17) is 13.8 Å². The highest BCUT2D eigenvalue weighted by molar-refractivity contribution is 7.07. The molecule has 0 aliphatic carbocycles. The van der Waals surface area contributed by atoms with Crippen molar-refractivity contribution in [2.45, 2.75) is 6.42 Å². The summed E-state index contributed by atoms with van der Waals surface area (Å²) in [5, 5.41) is 6.54. The highest BCUT2D eigenvalue weighted by Crippen LogP contribution is 2.20. The van der Waals surface area contributed by atoms with Gasteiger partial charge in [-0.05, 0) is 36.2 Å². The van der Waals surface area contributed by atoms with Crippen LogP contribution in [-0.4, -0.2) is 17.4 Å². The summed E-state index contributed by atoms with van der Waals surface area (Å²) in [6.07, 6.45) is 5.84. The molecule has 0 bridgehead atoms. The van der Waals surface area contributed by atoms with Crippen LogP contribution in [0.3, 0.4) is 0 Å². The summed E-state index contributed by atoms with van der Waals surface area (Å²) in [5.74, 6) is 1.44. The molecule has 26 heavy (non-hydrogen) atoms. The minimum Gasteiger partial charge on any atom is -0.463 e. The molecule has 0 amide bonds. The van der Waals surface area contributed by atoms with Gasteiger partial charge in [0.15, 0.2) is 5.76 Å². The van der Waals surface area contributed by atoms with E-state index in [-0.39, 0.29) is 0 Å². The Kier molecular flexibility index (Phi) is 4.93. The van der Waals surface area contributed by atoms with E-state index in [1.165, 1.54) is 16.9 Å². The molecule has 5 nitrogen and oxygen atoms in total. The van der Waals surface area contributed by atoms with Crippen molar-refractivity contribution in [3.05, 3.63) is 88.6 Å². The van der Waals surface area contributed by atoms with E-state index >= 15 is 0 Å². The van der Waals surface area contributed by atoms with Gasteiger partial charge in [-0.2, -0.15) is 5.10 Å². The van der Waals surface area contributed by atoms with Gasteiger partial charge in [0.25, 0.3) is 0 Å². The molecule has 6 heteroatoms. The topological polar surface area (TPSA) is 55.9 Å². The first-order valence-electron chi connectivity index (χ1n) is 8.27. The normalized spacial score (nSPS) is 12.2. The van der Waals surface area contributed by atoms with Crippen molar-refractivity contribution in [3.63, 3.8) is 0 Å². The summed E-state index contributed by atoms with van der Waals surface area (Å²) < 4.78 is 12.6. The number of aromatic nitrogens is 1. The maximum atomic E-state index is 5.53. The van der Waals surface area contributed by atoms with Gasteiger partial charge in [-0.15, -0.1) is 11.3 Å². The molecule has 4 rings (SSSR count). The highest BCUT2D eigenvalue weighted by Gasteiger charge is 2.09. The van der Waals surface area contributed by atoms with E-state index < -0.39 is 0 Å². The van der Waals surface area contributed by atoms with Gasteiger partial charge in [-0.3, -0.25) is 4.99 Å². The maximum Gasteiger partial charge on any atom is 0.206 e. The van der Waals surface area contributed by atoms with Crippen molar-refractivity contribution < 1.29 is 8.83 Å². The molecule has 4 aromatic rings. The molecule has 0 fully saturated rings. The van der Waals surface area contributed by atoms with Gasteiger partial charge in [0.05, 0.1) is 18.7 Å². The Morgan fingerprint density at radius 3 is 2.58 bits per heavy atom. The van der Waals surface area contributed by atoms with Crippen LogP contribution in [0.2, 0.25) is 0 Å². The monoisotopic (exact) mass is 363 g/mol. The highest BCUT2D eigenvalue weighted by atomic mass is 32.1. The van der Waals surface area contributed by atoms with Crippen molar-refractivity contribution >= 4 is 17.6 Å². The zero-order valence-electron chi connectivity index (χ0n) is 14.0. The van der Waals surface area contributed by atoms with E-state index in [9.17, 15) is 0 Å². The quantitative estimate of drug-likeness (QED) is 0.476. The largest absolute Gasteiger partial charge is 0.463 e. The zero-order valence-corrected chi connectivity index (χ0v) is 14.8. The van der Waals surface area contributed by atoms with Crippen molar-refractivity contribution in [1.82, 2.24) is 4.68 Å². The second-order valence-corrected chi connectivity index (χ2v) is 6.41. The van der Waals surface area contributed by atoms with Crippen molar-refractivity contribution in [1.29, 1.82) is 0 Å². The number of hydrogen-bond acceptors (Lipinski definition) is 5. The lowest BCUT2D eigenvalue weighted by Crippen LogP contribution is -2.13. The third-order valence-electron chi connectivity index (χ3n) is 3.79. The minimum atomic E-state index is 0.685. The first-order valence-corrected chi connectivity index (χ1v) is 9.15. The van der Waals surface area contributed by atoms with E-state index in [0.29, 0.717) is 12.3 Å².